The van der Waals surface area contributed by atoms with Gasteiger partial charge < -0.3 is 5.32 Å². The first-order valence-electron chi connectivity index (χ1n) is 6.50. The maximum atomic E-state index is 13.2. The highest BCUT2D eigenvalue weighted by Crippen LogP contribution is 2.34. The van der Waals surface area contributed by atoms with Crippen molar-refractivity contribution in [1.29, 1.82) is 0 Å². The van der Waals surface area contributed by atoms with Gasteiger partial charge in [-0.05, 0) is 41.8 Å². The molecule has 0 aliphatic carbocycles. The minimum atomic E-state index is -0.361. The molecule has 2 aromatic rings. The van der Waals surface area contributed by atoms with Crippen molar-refractivity contribution in [2.45, 2.75) is 11.8 Å². The van der Waals surface area contributed by atoms with Gasteiger partial charge in [0.2, 0.25) is 0 Å². The lowest BCUT2D eigenvalue weighted by Crippen LogP contribution is -2.58. The fraction of sp³-hybridized carbons (Fsp3) is 0.250. The molecule has 0 amide bonds. The fourth-order valence-electron chi connectivity index (χ4n) is 2.70. The maximum absolute atomic E-state index is 13.2. The van der Waals surface area contributed by atoms with Gasteiger partial charge >= 0.3 is 0 Å². The number of benzene rings is 2. The molecule has 0 radical (unpaired) electrons. The van der Waals surface area contributed by atoms with E-state index in [1.807, 2.05) is 6.07 Å². The number of hydrogen-bond acceptors (Lipinski definition) is 1. The lowest BCUT2D eigenvalue weighted by molar-refractivity contribution is 0.274. The average molecular weight is 355 g/mol. The van der Waals surface area contributed by atoms with Crippen molar-refractivity contribution in [2.24, 2.45) is 0 Å². The molecule has 1 aliphatic heterocycles. The third-order valence-electron chi connectivity index (χ3n) is 3.91. The lowest BCUT2D eigenvalue weighted by atomic mass is 9.71. The van der Waals surface area contributed by atoms with E-state index in [9.17, 15) is 4.39 Å². The second kappa shape index (κ2) is 5.47. The molecule has 0 atom stereocenters. The smallest absolute Gasteiger partial charge is 0.141 e. The van der Waals surface area contributed by atoms with Crippen molar-refractivity contribution < 1.29 is 4.39 Å². The van der Waals surface area contributed by atoms with Gasteiger partial charge in [-0.2, -0.15) is 0 Å². The molecule has 1 heterocycles. The zero-order chi connectivity index (χ0) is 14.2. The van der Waals surface area contributed by atoms with E-state index in [0.29, 0.717) is 0 Å². The fourth-order valence-corrected chi connectivity index (χ4v) is 3.17. The predicted octanol–water partition coefficient (Wildman–Crippen LogP) is 4.33. The molecule has 0 saturated carbocycles. The Bertz CT molecular complexity index is 623. The topological polar surface area (TPSA) is 12.0 Å². The van der Waals surface area contributed by atoms with Crippen LogP contribution in [0.2, 0.25) is 5.02 Å². The first-order valence-corrected chi connectivity index (χ1v) is 7.67. The molecule has 0 spiro atoms. The third-order valence-corrected chi connectivity index (χ3v) is 4.73. The number of halogens is 3. The summed E-state index contributed by atoms with van der Waals surface area (Å²) in [4.78, 5) is 0. The number of rotatable bonds is 3. The van der Waals surface area contributed by atoms with Gasteiger partial charge in [-0.3, -0.25) is 0 Å². The molecule has 20 heavy (non-hydrogen) atoms. The van der Waals surface area contributed by atoms with Crippen molar-refractivity contribution >= 4 is 27.5 Å². The van der Waals surface area contributed by atoms with Crippen LogP contribution in [0.25, 0.3) is 0 Å². The van der Waals surface area contributed by atoms with Gasteiger partial charge in [0.15, 0.2) is 0 Å². The van der Waals surface area contributed by atoms with Crippen LogP contribution in [0.4, 0.5) is 4.39 Å². The summed E-state index contributed by atoms with van der Waals surface area (Å²) in [6, 6.07) is 13.4. The van der Waals surface area contributed by atoms with Crippen LogP contribution in [0.15, 0.2) is 46.9 Å². The van der Waals surface area contributed by atoms with Crippen LogP contribution in [0.5, 0.6) is 0 Å². The van der Waals surface area contributed by atoms with Crippen LogP contribution in [0, 0.1) is 5.82 Å². The summed E-state index contributed by atoms with van der Waals surface area (Å²) in [6.07, 6.45) is 0.863. The molecule has 2 aromatic carbocycles. The quantitative estimate of drug-likeness (QED) is 0.865. The van der Waals surface area contributed by atoms with E-state index in [1.54, 1.807) is 6.07 Å². The van der Waals surface area contributed by atoms with Crippen LogP contribution in [-0.2, 0) is 11.8 Å². The molecule has 1 saturated heterocycles. The van der Waals surface area contributed by atoms with Gasteiger partial charge in [0.25, 0.3) is 0 Å². The number of hydrogen-bond donors (Lipinski definition) is 1. The van der Waals surface area contributed by atoms with Gasteiger partial charge in [0, 0.05) is 23.0 Å². The SMILES string of the molecule is Fc1ccc(CC2(c3ccc(Br)cc3)CNC2)cc1Cl. The molecule has 1 N–H and O–H groups in total. The van der Waals surface area contributed by atoms with Gasteiger partial charge in [-0.15, -0.1) is 0 Å². The van der Waals surface area contributed by atoms with Gasteiger partial charge in [-0.1, -0.05) is 45.7 Å². The zero-order valence-corrected chi connectivity index (χ0v) is 13.1. The highest BCUT2D eigenvalue weighted by atomic mass is 79.9. The zero-order valence-electron chi connectivity index (χ0n) is 10.8. The van der Waals surface area contributed by atoms with Crippen LogP contribution in [0.1, 0.15) is 11.1 Å². The highest BCUT2D eigenvalue weighted by Gasteiger charge is 2.38. The van der Waals surface area contributed by atoms with E-state index >= 15 is 0 Å². The molecule has 4 heteroatoms. The lowest BCUT2D eigenvalue weighted by Gasteiger charge is -2.43. The Morgan fingerprint density at radius 3 is 2.40 bits per heavy atom. The summed E-state index contributed by atoms with van der Waals surface area (Å²) in [6.45, 7) is 1.87. The summed E-state index contributed by atoms with van der Waals surface area (Å²) in [7, 11) is 0. The van der Waals surface area contributed by atoms with Crippen LogP contribution in [0.3, 0.4) is 0 Å². The van der Waals surface area contributed by atoms with Crippen LogP contribution >= 0.6 is 27.5 Å². The van der Waals surface area contributed by atoms with Gasteiger partial charge in [0.1, 0.15) is 5.82 Å². The number of nitrogens with one attached hydrogen (secondary N) is 1. The Balaban J connectivity index is 1.89. The molecule has 104 valence electrons. The van der Waals surface area contributed by atoms with E-state index in [-0.39, 0.29) is 16.3 Å². The Hall–Kier alpha value is -0.900. The van der Waals surface area contributed by atoms with Crippen molar-refractivity contribution in [2.75, 3.05) is 13.1 Å². The van der Waals surface area contributed by atoms with Crippen molar-refractivity contribution in [1.82, 2.24) is 5.32 Å². The average Bonchev–Trinajstić information content (AvgIpc) is 2.39. The summed E-state index contributed by atoms with van der Waals surface area (Å²) in [5.74, 6) is -0.361. The summed E-state index contributed by atoms with van der Waals surface area (Å²) in [5.41, 5.74) is 2.46. The summed E-state index contributed by atoms with van der Waals surface area (Å²) < 4.78 is 14.3. The Labute approximate surface area is 131 Å². The van der Waals surface area contributed by atoms with Gasteiger partial charge in [0.05, 0.1) is 5.02 Å². The van der Waals surface area contributed by atoms with Crippen LogP contribution < -0.4 is 5.32 Å². The minimum absolute atomic E-state index is 0.0852. The molecule has 0 aromatic heterocycles. The summed E-state index contributed by atoms with van der Waals surface area (Å²) >= 11 is 9.34. The normalized spacial score (nSPS) is 16.8. The molecular formula is C16H14BrClFN. The molecule has 1 fully saturated rings. The van der Waals surface area contributed by atoms with E-state index in [0.717, 1.165) is 29.5 Å². The third kappa shape index (κ3) is 2.62. The largest absolute Gasteiger partial charge is 0.315 e. The second-order valence-electron chi connectivity index (χ2n) is 5.32. The van der Waals surface area contributed by atoms with E-state index in [1.165, 1.54) is 11.6 Å². The standard InChI is InChI=1S/C16H14BrClFN/c17-13-4-2-12(3-5-13)16(9-20-10-16)8-11-1-6-15(19)14(18)7-11/h1-7,20H,8-10H2. The van der Waals surface area contributed by atoms with E-state index in [4.69, 9.17) is 11.6 Å². The minimum Gasteiger partial charge on any atom is -0.315 e. The van der Waals surface area contributed by atoms with Crippen LogP contribution in [-0.4, -0.2) is 13.1 Å². The Kier molecular flexibility index (Phi) is 3.85. The first-order chi connectivity index (χ1) is 9.59. The van der Waals surface area contributed by atoms with Crippen molar-refractivity contribution in [3.8, 4) is 0 Å². The molecule has 1 nitrogen and oxygen atoms in total. The highest BCUT2D eigenvalue weighted by molar-refractivity contribution is 9.10. The first kappa shape index (κ1) is 14.1. The molecule has 1 aliphatic rings. The van der Waals surface area contributed by atoms with Crippen molar-refractivity contribution in [3.63, 3.8) is 0 Å². The Morgan fingerprint density at radius 1 is 1.15 bits per heavy atom. The van der Waals surface area contributed by atoms with Gasteiger partial charge in [-0.25, -0.2) is 4.39 Å². The van der Waals surface area contributed by atoms with Crippen molar-refractivity contribution in [3.05, 3.63) is 68.9 Å². The molecule has 0 bridgehead atoms. The van der Waals surface area contributed by atoms with E-state index in [2.05, 4.69) is 45.5 Å². The summed E-state index contributed by atoms with van der Waals surface area (Å²) in [5, 5.41) is 3.54. The molecule has 0 unspecified atom stereocenters. The second-order valence-corrected chi connectivity index (χ2v) is 6.64. The maximum Gasteiger partial charge on any atom is 0.141 e. The van der Waals surface area contributed by atoms with E-state index < -0.39 is 0 Å². The predicted molar refractivity (Wildman–Crippen MR) is 83.8 cm³/mol. The monoisotopic (exact) mass is 353 g/mol. The molecule has 3 rings (SSSR count). The Morgan fingerprint density at radius 2 is 1.85 bits per heavy atom. The molecular weight excluding hydrogens is 341 g/mol.